The number of anilines is 2. The minimum Gasteiger partial charge on any atom is -0.409 e. The summed E-state index contributed by atoms with van der Waals surface area (Å²) in [5, 5.41) is 1.51. The number of amides is 1. The molecule has 0 saturated heterocycles. The Bertz CT molecular complexity index is 930. The van der Waals surface area contributed by atoms with E-state index in [4.69, 9.17) is 28.1 Å². The highest BCUT2D eigenvalue weighted by atomic mass is 35.5. The Morgan fingerprint density at radius 2 is 1.62 bits per heavy atom. The number of fused-ring (bicyclic) bond motifs is 1. The number of hydrogen-bond acceptors (Lipinski definition) is 4. The summed E-state index contributed by atoms with van der Waals surface area (Å²) in [4.78, 5) is 15.4. The van der Waals surface area contributed by atoms with Crippen molar-refractivity contribution in [1.82, 2.24) is 4.67 Å². The Kier molecular flexibility index (Phi) is 6.90. The summed E-state index contributed by atoms with van der Waals surface area (Å²) in [5.41, 5.74) is 1.73. The van der Waals surface area contributed by atoms with Crippen LogP contribution in [0.15, 0.2) is 42.5 Å². The van der Waals surface area contributed by atoms with Crippen LogP contribution in [0.2, 0.25) is 5.02 Å². The molecule has 0 bridgehead atoms. The largest absolute Gasteiger partial charge is 0.424 e. The van der Waals surface area contributed by atoms with Gasteiger partial charge in [0.1, 0.15) is 12.1 Å². The van der Waals surface area contributed by atoms with Gasteiger partial charge in [0, 0.05) is 43.0 Å². The summed E-state index contributed by atoms with van der Waals surface area (Å²) in [6.07, 6.45) is -3.06. The van der Waals surface area contributed by atoms with Crippen LogP contribution in [0.4, 0.5) is 16.2 Å². The number of benzene rings is 2. The van der Waals surface area contributed by atoms with Crippen molar-refractivity contribution in [3.63, 3.8) is 0 Å². The molecule has 3 rings (SSSR count). The highest BCUT2D eigenvalue weighted by molar-refractivity contribution is 8.18. The van der Waals surface area contributed by atoms with Crippen molar-refractivity contribution in [3.05, 3.63) is 47.5 Å². The number of carbonyl (C=O) groups excluding carboxylic acids is 1. The van der Waals surface area contributed by atoms with Crippen molar-refractivity contribution in [1.29, 1.82) is 0 Å². The number of rotatable bonds is 7. The average Bonchev–Trinajstić information content (AvgIpc) is 2.71. The third kappa shape index (κ3) is 3.91. The SMILES string of the molecule is CCN(CC)c1ccc2c(c1)OC(=O)N(c1ccc(Cl)cc1)P2(=S)N(CC)CC. The number of carbonyl (C=O) groups is 1. The summed E-state index contributed by atoms with van der Waals surface area (Å²) in [6, 6.07) is 13.2. The maximum atomic E-state index is 13.2. The highest BCUT2D eigenvalue weighted by Crippen LogP contribution is 2.58. The first kappa shape index (κ1) is 22.1. The number of ether oxygens (including phenoxy) is 1. The van der Waals surface area contributed by atoms with Gasteiger partial charge in [0.2, 0.25) is 0 Å². The van der Waals surface area contributed by atoms with Crippen LogP contribution < -0.4 is 19.6 Å². The molecular formula is C21H27ClN3O2PS. The first-order chi connectivity index (χ1) is 13.9. The Labute approximate surface area is 183 Å². The molecule has 29 heavy (non-hydrogen) atoms. The summed E-state index contributed by atoms with van der Waals surface area (Å²) in [5.74, 6) is 0.569. The Morgan fingerprint density at radius 3 is 2.17 bits per heavy atom. The number of nitrogens with zero attached hydrogens (tertiary/aromatic N) is 3. The van der Waals surface area contributed by atoms with E-state index in [1.165, 1.54) is 0 Å². The fourth-order valence-corrected chi connectivity index (χ4v) is 8.37. The lowest BCUT2D eigenvalue weighted by Gasteiger charge is -2.44. The van der Waals surface area contributed by atoms with Gasteiger partial charge in [0.15, 0.2) is 0 Å². The Morgan fingerprint density at radius 1 is 1.00 bits per heavy atom. The molecule has 1 heterocycles. The molecule has 0 N–H and O–H groups in total. The van der Waals surface area contributed by atoms with Crippen molar-refractivity contribution in [2.45, 2.75) is 27.7 Å². The minimum atomic E-state index is -2.62. The van der Waals surface area contributed by atoms with E-state index in [1.807, 2.05) is 24.3 Å². The van der Waals surface area contributed by atoms with E-state index in [-0.39, 0.29) is 0 Å². The second-order valence-corrected chi connectivity index (χ2v) is 11.2. The smallest absolute Gasteiger partial charge is 0.409 e. The summed E-state index contributed by atoms with van der Waals surface area (Å²) >= 11 is 12.4. The monoisotopic (exact) mass is 451 g/mol. The van der Waals surface area contributed by atoms with Crippen molar-refractivity contribution < 1.29 is 9.53 Å². The minimum absolute atomic E-state index is 0.438. The molecule has 0 spiro atoms. The van der Waals surface area contributed by atoms with Crippen LogP contribution in [-0.4, -0.2) is 36.9 Å². The third-order valence-electron chi connectivity index (χ3n) is 5.21. The van der Waals surface area contributed by atoms with Gasteiger partial charge in [0.25, 0.3) is 0 Å². The quantitative estimate of drug-likeness (QED) is 0.521. The summed E-state index contributed by atoms with van der Waals surface area (Å²) in [6.45, 7) is 11.6. The van der Waals surface area contributed by atoms with E-state index < -0.39 is 12.4 Å². The van der Waals surface area contributed by atoms with Crippen LogP contribution in [0, 0.1) is 0 Å². The first-order valence-corrected chi connectivity index (χ1v) is 13.0. The molecule has 5 nitrogen and oxygen atoms in total. The summed E-state index contributed by atoms with van der Waals surface area (Å²) in [7, 11) is 0. The fourth-order valence-electron chi connectivity index (χ4n) is 3.70. The van der Waals surface area contributed by atoms with Crippen molar-refractivity contribution in [2.75, 3.05) is 35.7 Å². The molecule has 0 aliphatic carbocycles. The van der Waals surface area contributed by atoms with Crippen molar-refractivity contribution in [3.8, 4) is 5.75 Å². The van der Waals surface area contributed by atoms with E-state index in [0.29, 0.717) is 16.5 Å². The van der Waals surface area contributed by atoms with Gasteiger partial charge in [-0.2, -0.15) is 0 Å². The zero-order chi connectivity index (χ0) is 21.2. The molecule has 8 heteroatoms. The van der Waals surface area contributed by atoms with Crippen LogP contribution >= 0.6 is 17.9 Å². The molecule has 1 atom stereocenters. The predicted molar refractivity (Wildman–Crippen MR) is 127 cm³/mol. The first-order valence-electron chi connectivity index (χ1n) is 9.93. The van der Waals surface area contributed by atoms with Gasteiger partial charge >= 0.3 is 6.09 Å². The molecule has 0 saturated carbocycles. The van der Waals surface area contributed by atoms with Gasteiger partial charge in [-0.3, -0.25) is 4.67 Å². The normalized spacial score (nSPS) is 18.6. The molecule has 156 valence electrons. The second-order valence-electron chi connectivity index (χ2n) is 6.66. The van der Waals surface area contributed by atoms with Gasteiger partial charge in [-0.1, -0.05) is 37.3 Å². The van der Waals surface area contributed by atoms with Gasteiger partial charge in [-0.05, 0) is 50.2 Å². The highest BCUT2D eigenvalue weighted by Gasteiger charge is 2.44. The summed E-state index contributed by atoms with van der Waals surface area (Å²) < 4.78 is 9.66. The second kappa shape index (κ2) is 9.05. The Hall–Kier alpha value is -1.59. The average molecular weight is 452 g/mol. The maximum absolute atomic E-state index is 13.2. The molecule has 0 aromatic heterocycles. The van der Waals surface area contributed by atoms with E-state index in [9.17, 15) is 4.79 Å². The van der Waals surface area contributed by atoms with Crippen LogP contribution in [0.25, 0.3) is 0 Å². The standard InChI is InChI=1S/C21H27ClN3O2PS/c1-5-23(6-2)18-13-14-20-19(15-18)27-21(26)25(17-11-9-16(22)10-12-17)28(20,29)24(7-3)8-4/h9-15H,5-8H2,1-4H3. The van der Waals surface area contributed by atoms with Crippen LogP contribution in [-0.2, 0) is 11.8 Å². The van der Waals surface area contributed by atoms with Gasteiger partial charge in [-0.15, -0.1) is 0 Å². The van der Waals surface area contributed by atoms with E-state index in [0.717, 1.165) is 37.2 Å². The van der Waals surface area contributed by atoms with Gasteiger partial charge in [-0.25, -0.2) is 9.46 Å². The Balaban J connectivity index is 2.20. The van der Waals surface area contributed by atoms with Crippen LogP contribution in [0.5, 0.6) is 5.75 Å². The van der Waals surface area contributed by atoms with Crippen LogP contribution in [0.1, 0.15) is 27.7 Å². The lowest BCUT2D eigenvalue weighted by atomic mass is 10.2. The number of halogens is 1. The maximum Gasteiger partial charge on any atom is 0.424 e. The third-order valence-corrected chi connectivity index (χ3v) is 10.5. The molecule has 0 fully saturated rings. The molecular weight excluding hydrogens is 425 g/mol. The van der Waals surface area contributed by atoms with E-state index in [1.54, 1.807) is 16.8 Å². The molecule has 0 radical (unpaired) electrons. The zero-order valence-electron chi connectivity index (χ0n) is 17.3. The lowest BCUT2D eigenvalue weighted by Crippen LogP contribution is -2.46. The van der Waals surface area contributed by atoms with Gasteiger partial charge < -0.3 is 9.64 Å². The molecule has 2 aromatic carbocycles. The zero-order valence-corrected chi connectivity index (χ0v) is 19.7. The fraction of sp³-hybridized carbons (Fsp3) is 0.381. The van der Waals surface area contributed by atoms with E-state index in [2.05, 4.69) is 43.3 Å². The van der Waals surface area contributed by atoms with Crippen LogP contribution in [0.3, 0.4) is 0 Å². The molecule has 1 aliphatic rings. The topological polar surface area (TPSA) is 36.0 Å². The number of hydrogen-bond donors (Lipinski definition) is 0. The molecule has 1 aliphatic heterocycles. The van der Waals surface area contributed by atoms with E-state index >= 15 is 0 Å². The van der Waals surface area contributed by atoms with Crippen molar-refractivity contribution in [2.24, 2.45) is 0 Å². The van der Waals surface area contributed by atoms with Crippen molar-refractivity contribution >= 4 is 52.5 Å². The predicted octanol–water partition coefficient (Wildman–Crippen LogP) is 5.48. The molecule has 1 amide bonds. The molecule has 2 aromatic rings. The molecule has 1 unspecified atom stereocenters. The lowest BCUT2D eigenvalue weighted by molar-refractivity contribution is 0.211. The van der Waals surface area contributed by atoms with Gasteiger partial charge in [0.05, 0.1) is 11.0 Å².